The zero-order valence-corrected chi connectivity index (χ0v) is 22.2. The summed E-state index contributed by atoms with van der Waals surface area (Å²) in [6.45, 7) is 0.341. The summed E-state index contributed by atoms with van der Waals surface area (Å²) >= 11 is 0. The van der Waals surface area contributed by atoms with Gasteiger partial charge in [0.05, 0.1) is 21.3 Å². The quantitative estimate of drug-likeness (QED) is 0.162. The van der Waals surface area contributed by atoms with E-state index >= 15 is 0 Å². The van der Waals surface area contributed by atoms with E-state index in [-0.39, 0.29) is 0 Å². The molecule has 0 saturated carbocycles. The fraction of sp³-hybridized carbons (Fsp3) is 0.548. The molecule has 0 heterocycles. The van der Waals surface area contributed by atoms with Crippen molar-refractivity contribution in [3.63, 3.8) is 0 Å². The molecule has 0 aromatic heterocycles. The Morgan fingerprint density at radius 1 is 0.571 bits per heavy atom. The molecule has 0 bridgehead atoms. The summed E-state index contributed by atoms with van der Waals surface area (Å²) in [5, 5.41) is 8.81. The van der Waals surface area contributed by atoms with E-state index in [1.807, 2.05) is 24.3 Å². The summed E-state index contributed by atoms with van der Waals surface area (Å²) in [4.78, 5) is 0. The zero-order chi connectivity index (χ0) is 25.1. The molecule has 0 aliphatic heterocycles. The van der Waals surface area contributed by atoms with Gasteiger partial charge in [-0.15, -0.1) is 0 Å². The van der Waals surface area contributed by atoms with E-state index in [0.29, 0.717) is 6.61 Å². The van der Waals surface area contributed by atoms with Gasteiger partial charge in [0.15, 0.2) is 0 Å². The van der Waals surface area contributed by atoms with Crippen molar-refractivity contribution in [1.29, 1.82) is 0 Å². The Kier molecular flexibility index (Phi) is 14.7. The molecule has 0 unspecified atom stereocenters. The molecule has 0 aliphatic carbocycles. The minimum atomic E-state index is 0.341. The van der Waals surface area contributed by atoms with Crippen LogP contribution in [-0.2, 0) is 6.42 Å². The molecule has 2 rings (SSSR count). The number of benzene rings is 2. The molecule has 0 saturated heterocycles. The number of aliphatic hydroxyl groups excluding tert-OH is 1. The van der Waals surface area contributed by atoms with Crippen LogP contribution in [0.2, 0.25) is 0 Å². The molecule has 0 atom stereocenters. The molecule has 35 heavy (non-hydrogen) atoms. The first-order valence-electron chi connectivity index (χ1n) is 13.4. The maximum atomic E-state index is 8.81. The Morgan fingerprint density at radius 2 is 1.03 bits per heavy atom. The topological polar surface area (TPSA) is 47.9 Å². The largest absolute Gasteiger partial charge is 0.497 e. The molecular weight excluding hydrogens is 436 g/mol. The zero-order valence-electron chi connectivity index (χ0n) is 22.2. The fourth-order valence-electron chi connectivity index (χ4n) is 4.44. The Bertz CT molecular complexity index is 817. The minimum absolute atomic E-state index is 0.341. The highest BCUT2D eigenvalue weighted by Crippen LogP contribution is 2.33. The van der Waals surface area contributed by atoms with E-state index in [4.69, 9.17) is 19.3 Å². The van der Waals surface area contributed by atoms with Gasteiger partial charge in [-0.05, 0) is 54.7 Å². The van der Waals surface area contributed by atoms with E-state index in [9.17, 15) is 0 Å². The maximum absolute atomic E-state index is 8.81. The number of aliphatic hydroxyl groups is 1. The Balaban J connectivity index is 1.74. The average Bonchev–Trinajstić information content (AvgIpc) is 2.90. The minimum Gasteiger partial charge on any atom is -0.497 e. The van der Waals surface area contributed by atoms with E-state index in [1.54, 1.807) is 21.3 Å². The Morgan fingerprint density at radius 3 is 1.49 bits per heavy atom. The van der Waals surface area contributed by atoms with Crippen LogP contribution in [0.15, 0.2) is 36.4 Å². The van der Waals surface area contributed by atoms with E-state index < -0.39 is 0 Å². The first-order valence-corrected chi connectivity index (χ1v) is 13.4. The van der Waals surface area contributed by atoms with Crippen LogP contribution >= 0.6 is 0 Å². The van der Waals surface area contributed by atoms with Gasteiger partial charge in [0.25, 0.3) is 0 Å². The summed E-state index contributed by atoms with van der Waals surface area (Å²) in [7, 11) is 5.15. The van der Waals surface area contributed by atoms with Crippen molar-refractivity contribution in [3.05, 3.63) is 53.1 Å². The molecular formula is C31H46O4. The van der Waals surface area contributed by atoms with Crippen molar-refractivity contribution >= 4 is 12.2 Å². The van der Waals surface area contributed by atoms with E-state index in [2.05, 4.69) is 24.3 Å². The third kappa shape index (κ3) is 11.2. The third-order valence-electron chi connectivity index (χ3n) is 6.55. The molecule has 0 aliphatic rings. The fourth-order valence-corrected chi connectivity index (χ4v) is 4.44. The van der Waals surface area contributed by atoms with Gasteiger partial charge in [0.2, 0.25) is 0 Å². The van der Waals surface area contributed by atoms with Gasteiger partial charge in [-0.3, -0.25) is 0 Å². The SMILES string of the molecule is COc1ccc(C=Cc2cc(OC)c(CCCCCCCCCCCCCCO)c(OC)c2)cc1. The van der Waals surface area contributed by atoms with Crippen LogP contribution in [-0.4, -0.2) is 33.0 Å². The summed E-state index contributed by atoms with van der Waals surface area (Å²) in [6, 6.07) is 12.2. The molecule has 0 radical (unpaired) electrons. The molecule has 1 N–H and O–H groups in total. The van der Waals surface area contributed by atoms with Gasteiger partial charge < -0.3 is 19.3 Å². The smallest absolute Gasteiger partial charge is 0.126 e. The van der Waals surface area contributed by atoms with Gasteiger partial charge in [0, 0.05) is 12.2 Å². The van der Waals surface area contributed by atoms with Gasteiger partial charge in [-0.2, -0.15) is 0 Å². The summed E-state index contributed by atoms with van der Waals surface area (Å²) in [5.74, 6) is 2.66. The average molecular weight is 483 g/mol. The molecule has 2 aromatic rings. The van der Waals surface area contributed by atoms with Crippen LogP contribution in [0.3, 0.4) is 0 Å². The van der Waals surface area contributed by atoms with E-state index in [0.717, 1.165) is 53.2 Å². The van der Waals surface area contributed by atoms with Gasteiger partial charge in [-0.1, -0.05) is 88.5 Å². The van der Waals surface area contributed by atoms with Crippen molar-refractivity contribution in [2.45, 2.75) is 83.5 Å². The van der Waals surface area contributed by atoms with Crippen LogP contribution in [0, 0.1) is 0 Å². The highest BCUT2D eigenvalue weighted by atomic mass is 16.5. The number of rotatable bonds is 19. The molecule has 0 amide bonds. The number of hydrogen-bond acceptors (Lipinski definition) is 4. The molecule has 0 fully saturated rings. The van der Waals surface area contributed by atoms with Gasteiger partial charge in [-0.25, -0.2) is 0 Å². The number of ether oxygens (including phenoxy) is 3. The number of hydrogen-bond donors (Lipinski definition) is 1. The maximum Gasteiger partial charge on any atom is 0.126 e. The van der Waals surface area contributed by atoms with Crippen molar-refractivity contribution < 1.29 is 19.3 Å². The number of methoxy groups -OCH3 is 3. The Hall–Kier alpha value is -2.46. The van der Waals surface area contributed by atoms with Crippen molar-refractivity contribution in [1.82, 2.24) is 0 Å². The highest BCUT2D eigenvalue weighted by Gasteiger charge is 2.11. The second-order valence-corrected chi connectivity index (χ2v) is 9.23. The summed E-state index contributed by atoms with van der Waals surface area (Å²) in [6.07, 6.45) is 20.3. The van der Waals surface area contributed by atoms with Crippen LogP contribution in [0.1, 0.15) is 93.7 Å². The monoisotopic (exact) mass is 482 g/mol. The Labute approximate surface area is 213 Å². The molecule has 0 spiro atoms. The van der Waals surface area contributed by atoms with Crippen LogP contribution in [0.4, 0.5) is 0 Å². The van der Waals surface area contributed by atoms with Crippen LogP contribution < -0.4 is 14.2 Å². The lowest BCUT2D eigenvalue weighted by atomic mass is 10.0. The molecule has 4 nitrogen and oxygen atoms in total. The predicted octanol–water partition coefficient (Wildman–Crippen LogP) is 8.10. The summed E-state index contributed by atoms with van der Waals surface area (Å²) in [5.41, 5.74) is 3.34. The lowest BCUT2D eigenvalue weighted by molar-refractivity contribution is 0.282. The third-order valence-corrected chi connectivity index (χ3v) is 6.55. The predicted molar refractivity (Wildman–Crippen MR) is 148 cm³/mol. The molecule has 2 aromatic carbocycles. The normalized spacial score (nSPS) is 11.2. The van der Waals surface area contributed by atoms with Crippen molar-refractivity contribution in [2.75, 3.05) is 27.9 Å². The lowest BCUT2D eigenvalue weighted by Crippen LogP contribution is -1.98. The molecule has 194 valence electrons. The first kappa shape index (κ1) is 28.8. The van der Waals surface area contributed by atoms with Crippen LogP contribution in [0.25, 0.3) is 12.2 Å². The second kappa shape index (κ2) is 17.9. The van der Waals surface area contributed by atoms with Gasteiger partial charge >= 0.3 is 0 Å². The number of unbranched alkanes of at least 4 members (excludes halogenated alkanes) is 11. The lowest BCUT2D eigenvalue weighted by Gasteiger charge is -2.14. The summed E-state index contributed by atoms with van der Waals surface area (Å²) < 4.78 is 16.7. The first-order chi connectivity index (χ1) is 17.2. The van der Waals surface area contributed by atoms with Gasteiger partial charge in [0.1, 0.15) is 17.2 Å². The standard InChI is InChI=1S/C31H46O4/c1-33-28-21-19-26(20-22-28)17-18-27-24-30(34-2)29(31(25-27)35-3)16-14-12-10-8-6-4-5-7-9-11-13-15-23-32/h17-22,24-25,32H,4-16,23H2,1-3H3. The van der Waals surface area contributed by atoms with Crippen molar-refractivity contribution in [2.24, 2.45) is 0 Å². The van der Waals surface area contributed by atoms with E-state index in [1.165, 1.54) is 64.2 Å². The second-order valence-electron chi connectivity index (χ2n) is 9.23. The highest BCUT2D eigenvalue weighted by molar-refractivity contribution is 5.72. The van der Waals surface area contributed by atoms with Crippen LogP contribution in [0.5, 0.6) is 17.2 Å². The molecule has 4 heteroatoms. The van der Waals surface area contributed by atoms with Crippen molar-refractivity contribution in [3.8, 4) is 17.2 Å².